The van der Waals surface area contributed by atoms with E-state index in [4.69, 9.17) is 18.9 Å². The van der Waals surface area contributed by atoms with Crippen molar-refractivity contribution in [1.29, 1.82) is 0 Å². The van der Waals surface area contributed by atoms with Crippen molar-refractivity contribution in [3.8, 4) is 17.2 Å². The molecule has 2 fully saturated rings. The van der Waals surface area contributed by atoms with Crippen molar-refractivity contribution in [3.63, 3.8) is 0 Å². The van der Waals surface area contributed by atoms with Gasteiger partial charge < -0.3 is 29.0 Å². The summed E-state index contributed by atoms with van der Waals surface area (Å²) in [6.45, 7) is 12.7. The van der Waals surface area contributed by atoms with Crippen molar-refractivity contribution in [3.05, 3.63) is 71.3 Å². The number of hydrogen-bond acceptors (Lipinski definition) is 8. The zero-order valence-electron chi connectivity index (χ0n) is 24.9. The third-order valence-corrected chi connectivity index (χ3v) is 7.60. The molecule has 0 spiro atoms. The zero-order valence-corrected chi connectivity index (χ0v) is 24.9. The monoisotopic (exact) mass is 578 g/mol. The SMILES string of the molecule is C=CCOc1ccc(C(O)=C2C(=O)C(=O)N(CCCN3CCOCC3)C2c2ccc(OCCCC)c(OC)c2)c(C)c1. The first-order valence-corrected chi connectivity index (χ1v) is 14.6. The van der Waals surface area contributed by atoms with Gasteiger partial charge in [-0.05, 0) is 61.2 Å². The molecule has 2 heterocycles. The molecular formula is C33H42N2O7. The molecule has 1 unspecified atom stereocenters. The van der Waals surface area contributed by atoms with Gasteiger partial charge in [0.15, 0.2) is 11.5 Å². The number of carbonyl (C=O) groups is 2. The molecule has 2 aliphatic heterocycles. The molecule has 1 amide bonds. The lowest BCUT2D eigenvalue weighted by Gasteiger charge is -2.29. The van der Waals surface area contributed by atoms with Gasteiger partial charge in [-0.3, -0.25) is 14.5 Å². The number of hydrogen-bond donors (Lipinski definition) is 1. The van der Waals surface area contributed by atoms with E-state index in [9.17, 15) is 14.7 Å². The van der Waals surface area contributed by atoms with Crippen molar-refractivity contribution in [2.24, 2.45) is 0 Å². The molecule has 2 saturated heterocycles. The third-order valence-electron chi connectivity index (χ3n) is 7.60. The number of aryl methyl sites for hydroxylation is 1. The van der Waals surface area contributed by atoms with Gasteiger partial charge in [-0.25, -0.2) is 0 Å². The maximum atomic E-state index is 13.6. The van der Waals surface area contributed by atoms with E-state index < -0.39 is 17.7 Å². The van der Waals surface area contributed by atoms with Crippen LogP contribution < -0.4 is 14.2 Å². The fourth-order valence-corrected chi connectivity index (χ4v) is 5.34. The lowest BCUT2D eigenvalue weighted by molar-refractivity contribution is -0.140. The number of carbonyl (C=O) groups excluding carboxylic acids is 2. The second-order valence-electron chi connectivity index (χ2n) is 10.5. The highest BCUT2D eigenvalue weighted by Gasteiger charge is 2.46. The first kappa shape index (κ1) is 31.1. The topological polar surface area (TPSA) is 97.8 Å². The summed E-state index contributed by atoms with van der Waals surface area (Å²) in [5.41, 5.74) is 1.88. The lowest BCUT2D eigenvalue weighted by atomic mass is 9.93. The number of Topliss-reactive ketones (excluding diaryl/α,β-unsaturated/α-hetero) is 1. The van der Waals surface area contributed by atoms with Gasteiger partial charge >= 0.3 is 0 Å². The van der Waals surface area contributed by atoms with E-state index in [1.54, 1.807) is 48.4 Å². The smallest absolute Gasteiger partial charge is 0.295 e. The van der Waals surface area contributed by atoms with Gasteiger partial charge in [0.2, 0.25) is 0 Å². The van der Waals surface area contributed by atoms with Gasteiger partial charge in [-0.2, -0.15) is 0 Å². The van der Waals surface area contributed by atoms with Crippen LogP contribution in [0.3, 0.4) is 0 Å². The highest BCUT2D eigenvalue weighted by molar-refractivity contribution is 6.46. The highest BCUT2D eigenvalue weighted by Crippen LogP contribution is 2.42. The van der Waals surface area contributed by atoms with Crippen molar-refractivity contribution in [1.82, 2.24) is 9.80 Å². The first-order valence-electron chi connectivity index (χ1n) is 14.6. The number of rotatable bonds is 14. The molecule has 0 radical (unpaired) electrons. The number of ketones is 1. The minimum atomic E-state index is -0.788. The normalized spacial score (nSPS) is 18.7. The molecule has 9 nitrogen and oxygen atoms in total. The number of ether oxygens (including phenoxy) is 4. The molecule has 0 saturated carbocycles. The Balaban J connectivity index is 1.72. The predicted molar refractivity (Wildman–Crippen MR) is 161 cm³/mol. The Morgan fingerprint density at radius 2 is 1.86 bits per heavy atom. The van der Waals surface area contributed by atoms with Gasteiger partial charge in [-0.1, -0.05) is 32.1 Å². The second kappa shape index (κ2) is 14.9. The number of likely N-dealkylation sites (tertiary alicyclic amines) is 1. The molecular weight excluding hydrogens is 536 g/mol. The third kappa shape index (κ3) is 7.14. The van der Waals surface area contributed by atoms with Crippen LogP contribution in [0.4, 0.5) is 0 Å². The number of methoxy groups -OCH3 is 1. The van der Waals surface area contributed by atoms with Crippen LogP contribution in [-0.4, -0.2) is 86.3 Å². The van der Waals surface area contributed by atoms with Gasteiger partial charge in [0, 0.05) is 31.7 Å². The van der Waals surface area contributed by atoms with Crippen LogP contribution in [0.25, 0.3) is 5.76 Å². The zero-order chi connectivity index (χ0) is 30.1. The molecule has 42 heavy (non-hydrogen) atoms. The summed E-state index contributed by atoms with van der Waals surface area (Å²) in [4.78, 5) is 30.9. The average molecular weight is 579 g/mol. The van der Waals surface area contributed by atoms with Crippen molar-refractivity contribution < 1.29 is 33.6 Å². The van der Waals surface area contributed by atoms with Crippen LogP contribution in [0.2, 0.25) is 0 Å². The van der Waals surface area contributed by atoms with Gasteiger partial charge in [0.05, 0.1) is 38.5 Å². The Bertz CT molecular complexity index is 1300. The van der Waals surface area contributed by atoms with E-state index in [2.05, 4.69) is 18.4 Å². The summed E-state index contributed by atoms with van der Waals surface area (Å²) >= 11 is 0. The van der Waals surface area contributed by atoms with E-state index in [0.29, 0.717) is 73.3 Å². The standard InChI is InChI=1S/C33H42N2O7/c1-5-7-18-42-27-12-9-24(22-28(27)39-4)30-29(31(36)26-11-10-25(21-23(26)3)41-17-6-2)32(37)33(38)35(30)14-8-13-34-15-19-40-20-16-34/h6,9-12,21-22,30,36H,2,5,7-8,13-20H2,1,3-4H3. The molecule has 2 aromatic rings. The summed E-state index contributed by atoms with van der Waals surface area (Å²) < 4.78 is 22.6. The Hall–Kier alpha value is -3.82. The maximum absolute atomic E-state index is 13.6. The van der Waals surface area contributed by atoms with Gasteiger partial charge in [0.25, 0.3) is 11.7 Å². The Morgan fingerprint density at radius 3 is 2.55 bits per heavy atom. The minimum Gasteiger partial charge on any atom is -0.507 e. The van der Waals surface area contributed by atoms with E-state index in [1.807, 2.05) is 13.0 Å². The number of aliphatic hydroxyl groups is 1. The van der Waals surface area contributed by atoms with E-state index in [1.165, 1.54) is 0 Å². The van der Waals surface area contributed by atoms with E-state index >= 15 is 0 Å². The number of unbranched alkanes of at least 4 members (excludes halogenated alkanes) is 1. The second-order valence-corrected chi connectivity index (χ2v) is 10.5. The molecule has 4 rings (SSSR count). The molecule has 0 bridgehead atoms. The predicted octanol–water partition coefficient (Wildman–Crippen LogP) is 4.89. The molecule has 9 heteroatoms. The van der Waals surface area contributed by atoms with Gasteiger partial charge in [-0.15, -0.1) is 0 Å². The first-order chi connectivity index (χ1) is 20.4. The number of amides is 1. The summed E-state index contributed by atoms with van der Waals surface area (Å²) in [5, 5.41) is 11.6. The molecule has 2 aromatic carbocycles. The van der Waals surface area contributed by atoms with Crippen molar-refractivity contribution in [2.75, 3.05) is 59.7 Å². The van der Waals surface area contributed by atoms with Crippen molar-refractivity contribution in [2.45, 2.75) is 39.2 Å². The fourth-order valence-electron chi connectivity index (χ4n) is 5.34. The molecule has 1 N–H and O–H groups in total. The molecule has 1 atom stereocenters. The maximum Gasteiger partial charge on any atom is 0.295 e. The number of morpholine rings is 1. The van der Waals surface area contributed by atoms with Crippen LogP contribution >= 0.6 is 0 Å². The average Bonchev–Trinajstić information content (AvgIpc) is 3.25. The summed E-state index contributed by atoms with van der Waals surface area (Å²) in [6, 6.07) is 9.86. The quantitative estimate of drug-likeness (QED) is 0.111. The summed E-state index contributed by atoms with van der Waals surface area (Å²) in [7, 11) is 1.56. The number of aliphatic hydroxyl groups excluding tert-OH is 1. The molecule has 226 valence electrons. The van der Waals surface area contributed by atoms with Crippen LogP contribution in [0.5, 0.6) is 17.2 Å². The molecule has 0 aromatic heterocycles. The highest BCUT2D eigenvalue weighted by atomic mass is 16.5. The van der Waals surface area contributed by atoms with Crippen LogP contribution in [0, 0.1) is 6.92 Å². The Kier molecular flexibility index (Phi) is 11.0. The number of benzene rings is 2. The van der Waals surface area contributed by atoms with E-state index in [-0.39, 0.29) is 11.3 Å². The number of nitrogens with zero attached hydrogens (tertiary/aromatic N) is 2. The summed E-state index contributed by atoms with van der Waals surface area (Å²) in [5.74, 6) is 0.149. The summed E-state index contributed by atoms with van der Waals surface area (Å²) in [6.07, 6.45) is 4.23. The van der Waals surface area contributed by atoms with Crippen LogP contribution in [0.15, 0.2) is 54.6 Å². The minimum absolute atomic E-state index is 0.0518. The van der Waals surface area contributed by atoms with Crippen LogP contribution in [-0.2, 0) is 14.3 Å². The largest absolute Gasteiger partial charge is 0.507 e. The molecule has 0 aliphatic carbocycles. The fraction of sp³-hybridized carbons (Fsp3) is 0.455. The van der Waals surface area contributed by atoms with Crippen LogP contribution in [0.1, 0.15) is 48.9 Å². The Labute approximate surface area is 248 Å². The lowest BCUT2D eigenvalue weighted by Crippen LogP contribution is -2.39. The van der Waals surface area contributed by atoms with Gasteiger partial charge in [0.1, 0.15) is 18.1 Å². The Morgan fingerprint density at radius 1 is 1.07 bits per heavy atom. The molecule has 2 aliphatic rings. The van der Waals surface area contributed by atoms with E-state index in [0.717, 1.165) is 32.5 Å². The van der Waals surface area contributed by atoms with Crippen molar-refractivity contribution >= 4 is 17.4 Å².